The van der Waals surface area contributed by atoms with E-state index in [0.29, 0.717) is 36.0 Å². The monoisotopic (exact) mass is 1020 g/mol. The molecule has 3 saturated heterocycles. The number of benzene rings is 2. The first-order valence-electron chi connectivity index (χ1n) is 19.9. The molecule has 3 aliphatic rings. The number of halogens is 11. The number of carboxylic acid groups (broad SMARTS) is 1. The molecule has 68 heavy (non-hydrogen) atoms. The van der Waals surface area contributed by atoms with Crippen molar-refractivity contribution in [2.24, 2.45) is 24.6 Å². The van der Waals surface area contributed by atoms with Gasteiger partial charge >= 0.3 is 30.9 Å². The third-order valence-electron chi connectivity index (χ3n) is 10.5. The first-order chi connectivity index (χ1) is 31.6. The number of methoxy groups -OCH3 is 1. The number of imidazole rings is 1. The Morgan fingerprint density at radius 3 is 2.10 bits per heavy atom. The zero-order chi connectivity index (χ0) is 51.3. The first-order valence-corrected chi connectivity index (χ1v) is 20.7. The summed E-state index contributed by atoms with van der Waals surface area (Å²) in [6.45, 7) is 5.44. The van der Waals surface area contributed by atoms with Crippen LogP contribution in [-0.4, -0.2) is 163 Å². The largest absolute Gasteiger partial charge is 0.490 e. The zero-order valence-electron chi connectivity index (χ0n) is 36.2. The summed E-state index contributed by atoms with van der Waals surface area (Å²) in [5.41, 5.74) is 6.49. The fourth-order valence-corrected chi connectivity index (χ4v) is 7.56. The van der Waals surface area contributed by atoms with Crippen LogP contribution in [0.15, 0.2) is 36.5 Å². The summed E-state index contributed by atoms with van der Waals surface area (Å²) in [6, 6.07) is 6.62. The van der Waals surface area contributed by atoms with E-state index in [2.05, 4.69) is 37.0 Å². The summed E-state index contributed by atoms with van der Waals surface area (Å²) >= 11 is 11.9. The molecule has 3 amide bonds. The molecular weight excluding hydrogens is 978 g/mol. The molecule has 28 heteroatoms. The van der Waals surface area contributed by atoms with Crippen LogP contribution in [0.4, 0.5) is 45.2 Å². The highest BCUT2D eigenvalue weighted by atomic mass is 35.5. The number of esters is 1. The number of alkyl halides is 8. The molecule has 2 aromatic carbocycles. The van der Waals surface area contributed by atoms with Crippen LogP contribution >= 0.6 is 23.2 Å². The molecule has 6 rings (SSSR count). The summed E-state index contributed by atoms with van der Waals surface area (Å²) < 4.78 is 113. The fraction of sp³-hybridized carbons (Fsp3) is 0.475. The fourth-order valence-electron chi connectivity index (χ4n) is 7.09. The summed E-state index contributed by atoms with van der Waals surface area (Å²) in [7, 11) is 4.27. The molecule has 0 saturated carbocycles. The minimum atomic E-state index is -5.08. The van der Waals surface area contributed by atoms with E-state index in [1.54, 1.807) is 0 Å². The number of rotatable bonds is 11. The van der Waals surface area contributed by atoms with Crippen molar-refractivity contribution in [3.05, 3.63) is 63.8 Å². The number of aliphatic carboxylic acids is 1. The Morgan fingerprint density at radius 1 is 1.01 bits per heavy atom. The van der Waals surface area contributed by atoms with Crippen molar-refractivity contribution in [3.63, 3.8) is 0 Å². The number of likely N-dealkylation sites (N-methyl/N-ethyl adjacent to an activating group) is 1. The number of aromatic nitrogens is 2. The second-order valence-electron chi connectivity index (χ2n) is 15.4. The third kappa shape index (κ3) is 16.2. The first kappa shape index (κ1) is 56.6. The van der Waals surface area contributed by atoms with Crippen LogP contribution in [0.25, 0.3) is 11.3 Å². The molecule has 3 fully saturated rings. The van der Waals surface area contributed by atoms with Crippen LogP contribution < -0.4 is 21.1 Å². The maximum absolute atomic E-state index is 14.3. The predicted molar refractivity (Wildman–Crippen MR) is 224 cm³/mol. The van der Waals surface area contributed by atoms with Gasteiger partial charge < -0.3 is 49.8 Å². The third-order valence-corrected chi connectivity index (χ3v) is 11.2. The van der Waals surface area contributed by atoms with Crippen molar-refractivity contribution in [1.82, 2.24) is 24.7 Å². The number of carbonyl (C=O) groups excluding carboxylic acids is 5. The van der Waals surface area contributed by atoms with Gasteiger partial charge in [0, 0.05) is 75.5 Å². The van der Waals surface area contributed by atoms with E-state index in [-0.39, 0.29) is 45.4 Å². The molecule has 0 bridgehead atoms. The molecule has 0 radical (unpaired) electrons. The number of amides is 3. The van der Waals surface area contributed by atoms with Crippen LogP contribution in [0.5, 0.6) is 5.75 Å². The number of likely N-dealkylation sites (tertiary alicyclic amines) is 1. The van der Waals surface area contributed by atoms with E-state index in [1.807, 2.05) is 4.90 Å². The molecule has 3 aliphatic heterocycles. The molecule has 4 heterocycles. The summed E-state index contributed by atoms with van der Waals surface area (Å²) in [6.07, 6.45) is -7.18. The van der Waals surface area contributed by atoms with Gasteiger partial charge in [0.25, 0.3) is 11.8 Å². The number of anilines is 1. The van der Waals surface area contributed by atoms with Crippen molar-refractivity contribution in [2.45, 2.75) is 25.4 Å². The predicted octanol–water partition coefficient (Wildman–Crippen LogP) is 4.86. The minimum Gasteiger partial charge on any atom is -0.475 e. The quantitative estimate of drug-likeness (QED) is 0.0878. The summed E-state index contributed by atoms with van der Waals surface area (Å²) in [5, 5.41) is 12.7. The number of primary amides is 1. The number of nitrogens with zero attached hydrogens (tertiary/aromatic N) is 5. The summed E-state index contributed by atoms with van der Waals surface area (Å²) in [4.78, 5) is 74.4. The van der Waals surface area contributed by atoms with Gasteiger partial charge in [-0.2, -0.15) is 35.1 Å². The number of hydrogen-bond donors (Lipinski definition) is 4. The highest BCUT2D eigenvalue weighted by molar-refractivity contribution is 6.34. The molecule has 3 aromatic rings. The lowest BCUT2D eigenvalue weighted by Gasteiger charge is -2.40. The van der Waals surface area contributed by atoms with Crippen LogP contribution in [0, 0.1) is 17.7 Å². The molecule has 5 N–H and O–H groups in total. The van der Waals surface area contributed by atoms with E-state index in [4.69, 9.17) is 38.8 Å². The average molecular weight is 1020 g/mol. The lowest BCUT2D eigenvalue weighted by atomic mass is 10.0. The number of ether oxygens (including phenoxy) is 2. The number of hydrogen-bond acceptors (Lipinski definition) is 11. The highest BCUT2D eigenvalue weighted by Gasteiger charge is 2.46. The van der Waals surface area contributed by atoms with Crippen molar-refractivity contribution < 1.29 is 87.3 Å². The van der Waals surface area contributed by atoms with Crippen LogP contribution in [0.2, 0.25) is 10.0 Å². The van der Waals surface area contributed by atoms with Crippen LogP contribution in [0.3, 0.4) is 0 Å². The second-order valence-corrected chi connectivity index (χ2v) is 16.2. The Labute approximate surface area is 391 Å². The zero-order valence-corrected chi connectivity index (χ0v) is 37.7. The lowest BCUT2D eigenvalue weighted by Crippen LogP contribution is -2.59. The molecule has 2 atom stereocenters. The maximum Gasteiger partial charge on any atom is 0.490 e. The number of piperazine rings is 1. The van der Waals surface area contributed by atoms with Crippen molar-refractivity contribution in [3.8, 4) is 17.0 Å². The molecule has 376 valence electrons. The van der Waals surface area contributed by atoms with Gasteiger partial charge in [0.2, 0.25) is 5.91 Å². The average Bonchev–Trinajstić information content (AvgIpc) is 3.83. The Bertz CT molecular complexity index is 2280. The van der Waals surface area contributed by atoms with E-state index in [1.165, 1.54) is 42.1 Å². The standard InChI is InChI=1S/C19H12Cl2F3N3O3.C16H29N5O2.C3H3F3O2.C2HF3O2/c1-27-13(11-4-5-14(30-19(23)24)16(22)15(11)21)7-25-17(27)18(29)26-10-3-2-9(8-28)12(20)6-10;1-19-3-5-20(6-4-19)16(23)14-2-7-21(11-14,12-15(17)22)10-13-8-18-9-13;1-8-2(7)3(4,5)6;3-2(4,5)1(6)7/h2-8,19H,1H3,(H,26,29);13-14,18H,2-12H2,1H3,(H-,17,22);1H3;(H,6,7)/p+1. The second kappa shape index (κ2) is 24.5. The van der Waals surface area contributed by atoms with Gasteiger partial charge in [-0.3, -0.25) is 19.2 Å². The van der Waals surface area contributed by atoms with Gasteiger partial charge in [-0.25, -0.2) is 19.0 Å². The molecular formula is C40H46Cl2F9N8O9+. The molecule has 0 aliphatic carbocycles. The van der Waals surface area contributed by atoms with Crippen molar-refractivity contribution in [1.29, 1.82) is 0 Å². The van der Waals surface area contributed by atoms with Gasteiger partial charge in [0.15, 0.2) is 30.2 Å². The highest BCUT2D eigenvalue weighted by Crippen LogP contribution is 2.36. The Kier molecular flexibility index (Phi) is 20.4. The van der Waals surface area contributed by atoms with Crippen molar-refractivity contribution in [2.75, 3.05) is 84.9 Å². The van der Waals surface area contributed by atoms with Crippen LogP contribution in [-0.2, 0) is 31.0 Å². The number of carbonyl (C=O) groups is 6. The topological polar surface area (TPSA) is 215 Å². The Balaban J connectivity index is 0.000000282. The smallest absolute Gasteiger partial charge is 0.475 e. The SMILES string of the molecule is CN1CCN(C(=O)C2CC[N+](CC(N)=O)(CC3CNC3)C2)CC1.COC(=O)C(F)(F)F.Cn1c(-c2ccc(OC(F)F)c(F)c2Cl)cnc1C(=O)Nc1ccc(C=O)c(Cl)c1.O=C(O)C(F)(F)F. The van der Waals surface area contributed by atoms with E-state index >= 15 is 0 Å². The Hall–Kier alpha value is -5.70. The number of carboxylic acids is 1. The van der Waals surface area contributed by atoms with Crippen molar-refractivity contribution >= 4 is 64.8 Å². The van der Waals surface area contributed by atoms with Gasteiger partial charge in [-0.05, 0) is 37.4 Å². The van der Waals surface area contributed by atoms with E-state index in [9.17, 15) is 63.5 Å². The normalized spacial score (nSPS) is 18.3. The minimum absolute atomic E-state index is 0.0371. The Morgan fingerprint density at radius 2 is 1.63 bits per heavy atom. The lowest BCUT2D eigenvalue weighted by molar-refractivity contribution is -0.913. The number of nitrogens with two attached hydrogens (primary N) is 1. The van der Waals surface area contributed by atoms with Gasteiger partial charge in [-0.15, -0.1) is 0 Å². The molecule has 1 aromatic heterocycles. The maximum atomic E-state index is 14.3. The summed E-state index contributed by atoms with van der Waals surface area (Å²) in [5.74, 6) is -6.71. The molecule has 0 spiro atoms. The van der Waals surface area contributed by atoms with Gasteiger partial charge in [-0.1, -0.05) is 23.2 Å². The molecule has 2 unspecified atom stereocenters. The number of quaternary nitrogens is 1. The number of nitrogens with one attached hydrogen (secondary N) is 2. The van der Waals surface area contributed by atoms with E-state index < -0.39 is 53.4 Å². The van der Waals surface area contributed by atoms with E-state index in [0.717, 1.165) is 71.4 Å². The van der Waals surface area contributed by atoms with Gasteiger partial charge in [0.05, 0.1) is 54.6 Å². The van der Waals surface area contributed by atoms with Crippen LogP contribution in [0.1, 0.15) is 27.4 Å². The number of aldehydes is 1. The van der Waals surface area contributed by atoms with Gasteiger partial charge in [0.1, 0.15) is 0 Å². The molecule has 17 nitrogen and oxygen atoms in total.